The van der Waals surface area contributed by atoms with Crippen LogP contribution < -0.4 is 0 Å². The highest BCUT2D eigenvalue weighted by molar-refractivity contribution is 6.01. The van der Waals surface area contributed by atoms with E-state index >= 15 is 0 Å². The van der Waals surface area contributed by atoms with Crippen molar-refractivity contribution < 1.29 is 9.59 Å². The normalized spacial score (nSPS) is 21.2. The van der Waals surface area contributed by atoms with Gasteiger partial charge in [-0.3, -0.25) is 24.3 Å². The Hall–Kier alpha value is -1.72. The monoisotopic (exact) mass is 287 g/mol. The number of piperazine rings is 1. The average molecular weight is 287 g/mol. The third-order valence-electron chi connectivity index (χ3n) is 4.21. The fourth-order valence-electron chi connectivity index (χ4n) is 2.91. The van der Waals surface area contributed by atoms with Crippen LogP contribution in [0.2, 0.25) is 0 Å². The first-order valence-electron chi connectivity index (χ1n) is 7.54. The molecule has 0 radical (unpaired) electrons. The van der Waals surface area contributed by atoms with E-state index in [9.17, 15) is 9.59 Å². The zero-order chi connectivity index (χ0) is 14.7. The molecular weight excluding hydrogens is 266 g/mol. The molecule has 0 bridgehead atoms. The molecule has 2 fully saturated rings. The van der Waals surface area contributed by atoms with Crippen LogP contribution in [0, 0.1) is 0 Å². The van der Waals surface area contributed by atoms with Gasteiger partial charge >= 0.3 is 0 Å². The molecule has 3 rings (SSSR count). The number of imide groups is 1. The predicted molar refractivity (Wildman–Crippen MR) is 79.2 cm³/mol. The van der Waals surface area contributed by atoms with Crippen molar-refractivity contribution in [2.24, 2.45) is 0 Å². The molecule has 0 N–H and O–H groups in total. The summed E-state index contributed by atoms with van der Waals surface area (Å²) in [6.07, 6.45) is 0.764. The van der Waals surface area contributed by atoms with Crippen LogP contribution in [-0.2, 0) is 16.1 Å². The topological polar surface area (TPSA) is 43.9 Å². The molecule has 2 aliphatic heterocycles. The summed E-state index contributed by atoms with van der Waals surface area (Å²) >= 11 is 0. The Kier molecular flexibility index (Phi) is 4.31. The van der Waals surface area contributed by atoms with Crippen molar-refractivity contribution in [1.82, 2.24) is 14.7 Å². The average Bonchev–Trinajstić information content (AvgIpc) is 2.82. The second-order valence-corrected chi connectivity index (χ2v) is 5.74. The number of amides is 2. The van der Waals surface area contributed by atoms with E-state index in [-0.39, 0.29) is 11.8 Å². The molecule has 21 heavy (non-hydrogen) atoms. The van der Waals surface area contributed by atoms with Crippen molar-refractivity contribution in [3.8, 4) is 0 Å². The van der Waals surface area contributed by atoms with E-state index in [2.05, 4.69) is 34.1 Å². The standard InChI is InChI=1S/C16H21N3O2/c20-15-6-7-16(21)19(15)13-18-10-8-17(9-11-18)12-14-4-2-1-3-5-14/h1-5H,6-13H2. The quantitative estimate of drug-likeness (QED) is 0.772. The fraction of sp³-hybridized carbons (Fsp3) is 0.500. The fourth-order valence-corrected chi connectivity index (χ4v) is 2.91. The molecular formula is C16H21N3O2. The maximum absolute atomic E-state index is 11.6. The van der Waals surface area contributed by atoms with Gasteiger partial charge in [0.1, 0.15) is 0 Å². The van der Waals surface area contributed by atoms with Crippen molar-refractivity contribution >= 4 is 11.8 Å². The van der Waals surface area contributed by atoms with Crippen LogP contribution in [0.25, 0.3) is 0 Å². The number of carbonyl (C=O) groups excluding carboxylic acids is 2. The molecule has 5 heteroatoms. The van der Waals surface area contributed by atoms with Crippen molar-refractivity contribution in [1.29, 1.82) is 0 Å². The number of likely N-dealkylation sites (tertiary alicyclic amines) is 1. The lowest BCUT2D eigenvalue weighted by Crippen LogP contribution is -2.50. The van der Waals surface area contributed by atoms with E-state index in [1.807, 2.05) is 6.07 Å². The SMILES string of the molecule is O=C1CCC(=O)N1CN1CCN(Cc2ccccc2)CC1. The van der Waals surface area contributed by atoms with Crippen molar-refractivity contribution in [2.75, 3.05) is 32.8 Å². The summed E-state index contributed by atoms with van der Waals surface area (Å²) in [5.74, 6) is -0.0431. The van der Waals surface area contributed by atoms with E-state index in [0.29, 0.717) is 19.5 Å². The maximum Gasteiger partial charge on any atom is 0.230 e. The number of hydrogen-bond donors (Lipinski definition) is 0. The van der Waals surface area contributed by atoms with E-state index in [1.165, 1.54) is 10.5 Å². The Labute approximate surface area is 125 Å². The number of carbonyl (C=O) groups is 2. The summed E-state index contributed by atoms with van der Waals surface area (Å²) in [5, 5.41) is 0. The van der Waals surface area contributed by atoms with Gasteiger partial charge in [-0.15, -0.1) is 0 Å². The van der Waals surface area contributed by atoms with Gasteiger partial charge < -0.3 is 0 Å². The molecule has 0 unspecified atom stereocenters. The summed E-state index contributed by atoms with van der Waals surface area (Å²) in [6, 6.07) is 10.5. The Morgan fingerprint density at radius 2 is 1.38 bits per heavy atom. The summed E-state index contributed by atoms with van der Waals surface area (Å²) in [5.41, 5.74) is 1.33. The minimum Gasteiger partial charge on any atom is -0.297 e. The Bertz CT molecular complexity index is 494. The molecule has 0 aliphatic carbocycles. The first kappa shape index (κ1) is 14.2. The Morgan fingerprint density at radius 1 is 0.810 bits per heavy atom. The molecule has 0 saturated carbocycles. The van der Waals surface area contributed by atoms with E-state index in [0.717, 1.165) is 32.7 Å². The molecule has 1 aromatic carbocycles. The number of rotatable bonds is 4. The van der Waals surface area contributed by atoms with E-state index in [1.54, 1.807) is 0 Å². The van der Waals surface area contributed by atoms with Crippen LogP contribution >= 0.6 is 0 Å². The zero-order valence-electron chi connectivity index (χ0n) is 12.2. The minimum atomic E-state index is -0.0216. The molecule has 0 atom stereocenters. The third kappa shape index (κ3) is 3.49. The van der Waals surface area contributed by atoms with Gasteiger partial charge in [0.25, 0.3) is 0 Å². The van der Waals surface area contributed by atoms with Gasteiger partial charge in [0.2, 0.25) is 11.8 Å². The highest BCUT2D eigenvalue weighted by Gasteiger charge is 2.31. The first-order valence-corrected chi connectivity index (χ1v) is 7.54. The highest BCUT2D eigenvalue weighted by Crippen LogP contribution is 2.14. The van der Waals surface area contributed by atoms with Crippen LogP contribution in [-0.4, -0.2) is 59.4 Å². The van der Waals surface area contributed by atoms with Crippen LogP contribution in [0.15, 0.2) is 30.3 Å². The smallest absolute Gasteiger partial charge is 0.230 e. The second kappa shape index (κ2) is 6.37. The molecule has 2 amide bonds. The molecule has 2 heterocycles. The molecule has 1 aromatic rings. The lowest BCUT2D eigenvalue weighted by molar-refractivity contribution is -0.141. The van der Waals surface area contributed by atoms with Gasteiger partial charge in [-0.25, -0.2) is 0 Å². The lowest BCUT2D eigenvalue weighted by Gasteiger charge is -2.36. The van der Waals surface area contributed by atoms with Gasteiger partial charge in [-0.05, 0) is 5.56 Å². The maximum atomic E-state index is 11.6. The van der Waals surface area contributed by atoms with Gasteiger partial charge in [0.05, 0.1) is 6.67 Å². The lowest BCUT2D eigenvalue weighted by atomic mass is 10.2. The molecule has 0 aromatic heterocycles. The summed E-state index contributed by atoms with van der Waals surface area (Å²) in [7, 11) is 0. The van der Waals surface area contributed by atoms with Gasteiger partial charge in [-0.2, -0.15) is 0 Å². The Balaban J connectivity index is 1.47. The summed E-state index contributed by atoms with van der Waals surface area (Å²) in [4.78, 5) is 29.3. The minimum absolute atomic E-state index is 0.0216. The number of benzene rings is 1. The molecule has 2 aliphatic rings. The molecule has 0 spiro atoms. The predicted octanol–water partition coefficient (Wildman–Crippen LogP) is 0.911. The van der Waals surface area contributed by atoms with Crippen molar-refractivity contribution in [3.63, 3.8) is 0 Å². The van der Waals surface area contributed by atoms with Crippen LogP contribution in [0.3, 0.4) is 0 Å². The summed E-state index contributed by atoms with van der Waals surface area (Å²) in [6.45, 7) is 5.21. The van der Waals surface area contributed by atoms with Gasteiger partial charge in [0, 0.05) is 45.6 Å². The van der Waals surface area contributed by atoms with Gasteiger partial charge in [0.15, 0.2) is 0 Å². The van der Waals surface area contributed by atoms with E-state index in [4.69, 9.17) is 0 Å². The van der Waals surface area contributed by atoms with Crippen LogP contribution in [0.4, 0.5) is 0 Å². The largest absolute Gasteiger partial charge is 0.297 e. The van der Waals surface area contributed by atoms with Crippen LogP contribution in [0.1, 0.15) is 18.4 Å². The number of hydrogen-bond acceptors (Lipinski definition) is 4. The van der Waals surface area contributed by atoms with Crippen molar-refractivity contribution in [2.45, 2.75) is 19.4 Å². The zero-order valence-corrected chi connectivity index (χ0v) is 12.2. The molecule has 2 saturated heterocycles. The third-order valence-corrected chi connectivity index (χ3v) is 4.21. The molecule has 5 nitrogen and oxygen atoms in total. The number of nitrogens with zero attached hydrogens (tertiary/aromatic N) is 3. The highest BCUT2D eigenvalue weighted by atomic mass is 16.2. The second-order valence-electron chi connectivity index (χ2n) is 5.74. The van der Waals surface area contributed by atoms with Gasteiger partial charge in [-0.1, -0.05) is 30.3 Å². The van der Waals surface area contributed by atoms with E-state index < -0.39 is 0 Å². The summed E-state index contributed by atoms with van der Waals surface area (Å²) < 4.78 is 0. The molecule has 112 valence electrons. The first-order chi connectivity index (χ1) is 10.2. The van der Waals surface area contributed by atoms with Crippen LogP contribution in [0.5, 0.6) is 0 Å². The van der Waals surface area contributed by atoms with Crippen molar-refractivity contribution in [3.05, 3.63) is 35.9 Å². The Morgan fingerprint density at radius 3 is 2.00 bits per heavy atom.